The van der Waals surface area contributed by atoms with Gasteiger partial charge in [0.1, 0.15) is 0 Å². The van der Waals surface area contributed by atoms with E-state index in [4.69, 9.17) is 5.11 Å². The minimum Gasteiger partial charge on any atom is -0.465 e. The third kappa shape index (κ3) is 3.41. The molecule has 0 radical (unpaired) electrons. The molecular formula is C20H18N6O3. The van der Waals surface area contributed by atoms with E-state index in [1.54, 1.807) is 36.4 Å². The largest absolute Gasteiger partial charge is 0.465 e. The Morgan fingerprint density at radius 2 is 1.83 bits per heavy atom. The van der Waals surface area contributed by atoms with Gasteiger partial charge in [-0.1, -0.05) is 18.2 Å². The van der Waals surface area contributed by atoms with E-state index in [9.17, 15) is 9.59 Å². The first kappa shape index (κ1) is 18.2. The first-order valence-corrected chi connectivity index (χ1v) is 8.82. The van der Waals surface area contributed by atoms with Crippen molar-refractivity contribution in [1.82, 2.24) is 20.0 Å². The summed E-state index contributed by atoms with van der Waals surface area (Å²) in [7, 11) is 1.45. The zero-order chi connectivity index (χ0) is 20.5. The fraction of sp³-hybridized carbons (Fsp3) is 0.100. The lowest BCUT2D eigenvalue weighted by atomic mass is 10.2. The molecule has 146 valence electrons. The zero-order valence-electron chi connectivity index (χ0n) is 15.7. The number of H-pyrrole nitrogens is 1. The summed E-state index contributed by atoms with van der Waals surface area (Å²) in [5.41, 5.74) is 1.62. The van der Waals surface area contributed by atoms with Gasteiger partial charge in [0.2, 0.25) is 0 Å². The smallest absolute Gasteiger partial charge is 0.411 e. The van der Waals surface area contributed by atoms with E-state index < -0.39 is 6.09 Å². The highest BCUT2D eigenvalue weighted by Gasteiger charge is 2.14. The molecule has 1 amide bonds. The number of aryl methyl sites for hydroxylation is 1. The molecule has 29 heavy (non-hydrogen) atoms. The van der Waals surface area contributed by atoms with E-state index in [1.165, 1.54) is 11.7 Å². The summed E-state index contributed by atoms with van der Waals surface area (Å²) in [6, 6.07) is 15.6. The molecule has 0 saturated heterocycles. The highest BCUT2D eigenvalue weighted by Crippen LogP contribution is 2.23. The number of carboxylic acid groups (broad SMARTS) is 1. The van der Waals surface area contributed by atoms with Gasteiger partial charge in [-0.15, -0.1) is 5.10 Å². The van der Waals surface area contributed by atoms with Crippen LogP contribution >= 0.6 is 0 Å². The maximum Gasteiger partial charge on any atom is 0.411 e. The molecular weight excluding hydrogens is 372 g/mol. The lowest BCUT2D eigenvalue weighted by molar-refractivity contribution is 0.203. The van der Waals surface area contributed by atoms with Crippen LogP contribution in [0, 0.1) is 6.92 Å². The van der Waals surface area contributed by atoms with Crippen LogP contribution in [-0.4, -0.2) is 38.2 Å². The van der Waals surface area contributed by atoms with Crippen molar-refractivity contribution in [3.8, 4) is 5.69 Å². The average Bonchev–Trinajstić information content (AvgIpc) is 3.14. The van der Waals surface area contributed by atoms with Gasteiger partial charge in [-0.2, -0.15) is 9.78 Å². The van der Waals surface area contributed by atoms with Crippen LogP contribution in [0.15, 0.2) is 59.4 Å². The van der Waals surface area contributed by atoms with E-state index in [2.05, 4.69) is 20.6 Å². The first-order chi connectivity index (χ1) is 13.9. The molecule has 2 aromatic carbocycles. The second-order valence-electron chi connectivity index (χ2n) is 6.53. The topological polar surface area (TPSA) is 116 Å². The van der Waals surface area contributed by atoms with Crippen LogP contribution in [-0.2, 0) is 0 Å². The van der Waals surface area contributed by atoms with Gasteiger partial charge in [0, 0.05) is 29.9 Å². The van der Waals surface area contributed by atoms with Crippen LogP contribution < -0.4 is 15.8 Å². The zero-order valence-corrected chi connectivity index (χ0v) is 15.7. The molecule has 0 spiro atoms. The van der Waals surface area contributed by atoms with Crippen LogP contribution in [0.3, 0.4) is 0 Å². The Labute approximate surface area is 165 Å². The highest BCUT2D eigenvalue weighted by atomic mass is 16.4. The maximum atomic E-state index is 13.0. The number of hydrogen-bond acceptors (Lipinski definition) is 5. The van der Waals surface area contributed by atoms with Gasteiger partial charge in [-0.3, -0.25) is 14.8 Å². The molecule has 4 aromatic rings. The quantitative estimate of drug-likeness (QED) is 0.492. The molecule has 2 heterocycles. The van der Waals surface area contributed by atoms with Gasteiger partial charge in [0.05, 0.1) is 11.1 Å². The van der Waals surface area contributed by atoms with Gasteiger partial charge in [-0.25, -0.2) is 4.79 Å². The Morgan fingerprint density at radius 3 is 2.45 bits per heavy atom. The highest BCUT2D eigenvalue weighted by molar-refractivity contribution is 5.92. The summed E-state index contributed by atoms with van der Waals surface area (Å²) >= 11 is 0. The molecule has 9 nitrogen and oxygen atoms in total. The fourth-order valence-corrected chi connectivity index (χ4v) is 2.99. The predicted molar refractivity (Wildman–Crippen MR) is 110 cm³/mol. The average molecular weight is 390 g/mol. The summed E-state index contributed by atoms with van der Waals surface area (Å²) in [5.74, 6) is 1.07. The predicted octanol–water partition coefficient (Wildman–Crippen LogP) is 3.28. The lowest BCUT2D eigenvalue weighted by Gasteiger charge is -2.14. The standard InChI is InChI=1S/C20H18N6O3/c1-12-11-17(23-22-12)21-18-15-5-3-4-6-16(15)19(27)26(24-18)14-9-7-13(8-10-14)25(2)20(28)29/h3-11H,1-2H3,(H,28,29)(H2,21,22,23,24). The Hall–Kier alpha value is -4.14. The summed E-state index contributed by atoms with van der Waals surface area (Å²) in [5, 5.41) is 25.0. The van der Waals surface area contributed by atoms with Crippen LogP contribution in [0.1, 0.15) is 5.69 Å². The molecule has 0 saturated carbocycles. The number of rotatable bonds is 4. The van der Waals surface area contributed by atoms with Crippen molar-refractivity contribution in [3.05, 3.63) is 70.6 Å². The van der Waals surface area contributed by atoms with Crippen molar-refractivity contribution in [2.75, 3.05) is 17.3 Å². The van der Waals surface area contributed by atoms with E-state index in [0.29, 0.717) is 33.8 Å². The van der Waals surface area contributed by atoms with E-state index in [-0.39, 0.29) is 5.56 Å². The molecule has 0 unspecified atom stereocenters. The second-order valence-corrected chi connectivity index (χ2v) is 6.53. The Balaban J connectivity index is 1.83. The summed E-state index contributed by atoms with van der Waals surface area (Å²) in [4.78, 5) is 25.2. The normalized spacial score (nSPS) is 10.8. The molecule has 4 rings (SSSR count). The van der Waals surface area contributed by atoms with E-state index in [1.807, 2.05) is 25.1 Å². The molecule has 2 aromatic heterocycles. The Bertz CT molecular complexity index is 1260. The number of nitrogens with one attached hydrogen (secondary N) is 2. The van der Waals surface area contributed by atoms with Crippen molar-refractivity contribution < 1.29 is 9.90 Å². The first-order valence-electron chi connectivity index (χ1n) is 8.82. The van der Waals surface area contributed by atoms with E-state index >= 15 is 0 Å². The molecule has 0 atom stereocenters. The van der Waals surface area contributed by atoms with Crippen molar-refractivity contribution in [2.45, 2.75) is 6.92 Å². The number of aromatic amines is 1. The van der Waals surface area contributed by atoms with Crippen LogP contribution in [0.5, 0.6) is 0 Å². The van der Waals surface area contributed by atoms with Crippen LogP contribution in [0.4, 0.5) is 22.1 Å². The van der Waals surface area contributed by atoms with Crippen LogP contribution in [0.25, 0.3) is 16.5 Å². The molecule has 0 fully saturated rings. The summed E-state index contributed by atoms with van der Waals surface area (Å²) in [6.07, 6.45) is -1.07. The van der Waals surface area contributed by atoms with Gasteiger partial charge >= 0.3 is 6.09 Å². The Morgan fingerprint density at radius 1 is 1.14 bits per heavy atom. The number of amides is 1. The summed E-state index contributed by atoms with van der Waals surface area (Å²) < 4.78 is 1.29. The molecule has 3 N–H and O–H groups in total. The molecule has 0 aliphatic heterocycles. The van der Waals surface area contributed by atoms with Crippen molar-refractivity contribution in [1.29, 1.82) is 0 Å². The van der Waals surface area contributed by atoms with Crippen molar-refractivity contribution in [3.63, 3.8) is 0 Å². The van der Waals surface area contributed by atoms with Crippen molar-refractivity contribution >= 4 is 34.2 Å². The number of hydrogen-bond donors (Lipinski definition) is 3. The SMILES string of the molecule is Cc1cc(Nc2nn(-c3ccc(N(C)C(=O)O)cc3)c(=O)c3ccccc23)n[nH]1. The molecule has 9 heteroatoms. The van der Waals surface area contributed by atoms with E-state index in [0.717, 1.165) is 10.6 Å². The fourth-order valence-electron chi connectivity index (χ4n) is 2.99. The monoisotopic (exact) mass is 390 g/mol. The number of fused-ring (bicyclic) bond motifs is 1. The van der Waals surface area contributed by atoms with Gasteiger partial charge in [-0.05, 0) is 37.3 Å². The third-order valence-corrected chi connectivity index (χ3v) is 4.53. The third-order valence-electron chi connectivity index (χ3n) is 4.53. The van der Waals surface area contributed by atoms with Gasteiger partial charge in [0.15, 0.2) is 11.6 Å². The molecule has 0 aliphatic carbocycles. The van der Waals surface area contributed by atoms with Gasteiger partial charge in [0.25, 0.3) is 5.56 Å². The number of anilines is 3. The summed E-state index contributed by atoms with van der Waals surface area (Å²) in [6.45, 7) is 1.89. The number of benzene rings is 2. The number of aromatic nitrogens is 4. The van der Waals surface area contributed by atoms with Crippen molar-refractivity contribution in [2.24, 2.45) is 0 Å². The Kier molecular flexibility index (Phi) is 4.47. The minimum absolute atomic E-state index is 0.274. The molecule has 0 bridgehead atoms. The second kappa shape index (κ2) is 7.12. The molecule has 0 aliphatic rings. The van der Waals surface area contributed by atoms with Crippen LogP contribution in [0.2, 0.25) is 0 Å². The minimum atomic E-state index is -1.07. The van der Waals surface area contributed by atoms with Gasteiger partial charge < -0.3 is 10.4 Å². The maximum absolute atomic E-state index is 13.0. The lowest BCUT2D eigenvalue weighted by Crippen LogP contribution is -2.24. The number of nitrogens with zero attached hydrogens (tertiary/aromatic N) is 4. The number of carbonyl (C=O) groups is 1.